The van der Waals surface area contributed by atoms with Gasteiger partial charge in [-0.2, -0.15) is 5.10 Å². The summed E-state index contributed by atoms with van der Waals surface area (Å²) in [4.78, 5) is 19.1. The van der Waals surface area contributed by atoms with Crippen molar-refractivity contribution in [2.45, 2.75) is 32.9 Å². The third kappa shape index (κ3) is 5.18. The molecular formula is C19H23N3O5. The Kier molecular flexibility index (Phi) is 6.73. The molecule has 1 aromatic rings. The summed E-state index contributed by atoms with van der Waals surface area (Å²) in [7, 11) is 0. The quantitative estimate of drug-likeness (QED) is 0.605. The van der Waals surface area contributed by atoms with Gasteiger partial charge in [-0.1, -0.05) is 6.08 Å². The van der Waals surface area contributed by atoms with E-state index in [0.717, 1.165) is 24.1 Å². The number of nitrogens with two attached hydrogens (primary N) is 1. The fraction of sp³-hybridized carbons (Fsp3) is 0.316. The summed E-state index contributed by atoms with van der Waals surface area (Å²) in [5, 5.41) is 22.4. The molecule has 4 N–H and O–H groups in total. The van der Waals surface area contributed by atoms with Crippen LogP contribution in [-0.4, -0.2) is 44.6 Å². The van der Waals surface area contributed by atoms with Crippen LogP contribution in [0.1, 0.15) is 20.3 Å². The van der Waals surface area contributed by atoms with Crippen LogP contribution in [0.4, 0.5) is 0 Å². The molecule has 8 heteroatoms. The number of fused-ring (bicyclic) bond motifs is 2. The lowest BCUT2D eigenvalue weighted by molar-refractivity contribution is -0.134. The molecule has 0 spiro atoms. The maximum Gasteiger partial charge on any atom is 0.328 e. The fourth-order valence-corrected chi connectivity index (χ4v) is 2.80. The minimum Gasteiger partial charge on any atom is -0.493 e. The molecule has 0 unspecified atom stereocenters. The van der Waals surface area contributed by atoms with Crippen molar-refractivity contribution in [1.29, 1.82) is 0 Å². The van der Waals surface area contributed by atoms with E-state index < -0.39 is 11.9 Å². The molecule has 8 nitrogen and oxygen atoms in total. The summed E-state index contributed by atoms with van der Waals surface area (Å²) in [6, 6.07) is 0.100. The third-order valence-corrected chi connectivity index (χ3v) is 3.80. The Bertz CT molecular complexity index is 919. The Morgan fingerprint density at radius 2 is 2.04 bits per heavy atom. The molecule has 0 saturated heterocycles. The zero-order valence-electron chi connectivity index (χ0n) is 15.3. The smallest absolute Gasteiger partial charge is 0.328 e. The lowest BCUT2D eigenvalue weighted by Crippen LogP contribution is -2.33. The van der Waals surface area contributed by atoms with E-state index in [4.69, 9.17) is 20.7 Å². The maximum absolute atomic E-state index is 9.55. The van der Waals surface area contributed by atoms with Gasteiger partial charge in [-0.25, -0.2) is 9.59 Å². The number of hydrogen-bond donors (Lipinski definition) is 3. The first-order chi connectivity index (χ1) is 12.8. The number of aliphatic carboxylic acids is 2. The molecule has 1 heterocycles. The monoisotopic (exact) mass is 373 g/mol. The lowest BCUT2D eigenvalue weighted by Gasteiger charge is -2.14. The molecule has 0 saturated carbocycles. The summed E-state index contributed by atoms with van der Waals surface area (Å²) in [5.41, 5.74) is 8.39. The Morgan fingerprint density at radius 1 is 1.37 bits per heavy atom. The summed E-state index contributed by atoms with van der Waals surface area (Å²) in [6.07, 6.45) is 10.4. The highest BCUT2D eigenvalue weighted by molar-refractivity contribution is 5.89. The van der Waals surface area contributed by atoms with Crippen molar-refractivity contribution in [3.63, 3.8) is 0 Å². The fourth-order valence-electron chi connectivity index (χ4n) is 2.80. The van der Waals surface area contributed by atoms with E-state index in [-0.39, 0.29) is 6.04 Å². The van der Waals surface area contributed by atoms with Crippen molar-refractivity contribution in [2.24, 2.45) is 5.73 Å². The summed E-state index contributed by atoms with van der Waals surface area (Å²) in [6.45, 7) is 5.43. The van der Waals surface area contributed by atoms with E-state index in [1.54, 1.807) is 0 Å². The van der Waals surface area contributed by atoms with Gasteiger partial charge in [-0.15, -0.1) is 0 Å². The minimum atomic E-state index is -1.26. The molecule has 0 bridgehead atoms. The van der Waals surface area contributed by atoms with Gasteiger partial charge in [0.25, 0.3) is 0 Å². The first kappa shape index (κ1) is 20.2. The van der Waals surface area contributed by atoms with E-state index in [2.05, 4.69) is 23.3 Å². The number of hydrogen-bond acceptors (Lipinski definition) is 5. The van der Waals surface area contributed by atoms with Crippen LogP contribution < -0.4 is 16.3 Å². The van der Waals surface area contributed by atoms with E-state index >= 15 is 0 Å². The Hall–Kier alpha value is -3.13. The number of carboxylic acids is 2. The molecule has 27 heavy (non-hydrogen) atoms. The van der Waals surface area contributed by atoms with E-state index in [1.165, 1.54) is 16.4 Å². The molecule has 0 amide bonds. The number of carboxylic acid groups (broad SMARTS) is 2. The predicted octanol–water partition coefficient (Wildman–Crippen LogP) is 0.137. The van der Waals surface area contributed by atoms with Crippen LogP contribution >= 0.6 is 0 Å². The minimum absolute atomic E-state index is 0.100. The SMILES string of the molecule is CCOC1=C2C=c3c(cnn3C[C@@H](C)N)=C2CC=C1.O=C(O)/C=C/C(=O)O. The van der Waals surface area contributed by atoms with Crippen molar-refractivity contribution in [2.75, 3.05) is 6.61 Å². The first-order valence-corrected chi connectivity index (χ1v) is 8.53. The summed E-state index contributed by atoms with van der Waals surface area (Å²) >= 11 is 0. The molecule has 144 valence electrons. The van der Waals surface area contributed by atoms with E-state index in [9.17, 15) is 9.59 Å². The molecule has 0 aromatic carbocycles. The number of allylic oxidation sites excluding steroid dienone is 3. The number of aromatic nitrogens is 2. The third-order valence-electron chi connectivity index (χ3n) is 3.80. The molecule has 3 rings (SSSR count). The highest BCUT2D eigenvalue weighted by Gasteiger charge is 2.20. The van der Waals surface area contributed by atoms with Gasteiger partial charge in [0.05, 0.1) is 24.7 Å². The second-order valence-electron chi connectivity index (χ2n) is 6.05. The molecule has 1 aromatic heterocycles. The number of nitrogens with zero attached hydrogens (tertiary/aromatic N) is 2. The molecule has 2 aliphatic carbocycles. The zero-order valence-corrected chi connectivity index (χ0v) is 15.3. The van der Waals surface area contributed by atoms with Gasteiger partial charge < -0.3 is 20.7 Å². The average Bonchev–Trinajstić information content (AvgIpc) is 3.14. The van der Waals surface area contributed by atoms with Gasteiger partial charge in [0.2, 0.25) is 0 Å². The van der Waals surface area contributed by atoms with Crippen LogP contribution in [0.3, 0.4) is 0 Å². The van der Waals surface area contributed by atoms with Gasteiger partial charge in [-0.05, 0) is 38.0 Å². The molecule has 0 aliphatic heterocycles. The van der Waals surface area contributed by atoms with Gasteiger partial charge in [0.15, 0.2) is 0 Å². The van der Waals surface area contributed by atoms with Crippen LogP contribution in [0.2, 0.25) is 0 Å². The largest absolute Gasteiger partial charge is 0.493 e. The second kappa shape index (κ2) is 9.00. The highest BCUT2D eigenvalue weighted by Crippen LogP contribution is 2.28. The number of carbonyl (C=O) groups is 2. The summed E-state index contributed by atoms with van der Waals surface area (Å²) < 4.78 is 7.69. The molecule has 0 radical (unpaired) electrons. The van der Waals surface area contributed by atoms with Crippen molar-refractivity contribution < 1.29 is 24.5 Å². The van der Waals surface area contributed by atoms with Gasteiger partial charge in [0, 0.05) is 29.0 Å². The molecular weight excluding hydrogens is 350 g/mol. The standard InChI is InChI=1S/C15H19N3O.C4H4O4/c1-3-19-15-6-4-5-11-12(15)7-14-13(11)8-17-18(14)9-10(2)16;5-3(6)1-2-4(7)8/h4,6-8,10H,3,5,9,16H2,1-2H3;1-2H,(H,5,6)(H,7,8)/b;2-1+/t10-;/m1./s1. The Balaban J connectivity index is 0.000000279. The topological polar surface area (TPSA) is 128 Å². The predicted molar refractivity (Wildman–Crippen MR) is 99.8 cm³/mol. The van der Waals surface area contributed by atoms with Crippen LogP contribution in [0, 0.1) is 0 Å². The lowest BCUT2D eigenvalue weighted by atomic mass is 9.99. The van der Waals surface area contributed by atoms with Crippen LogP contribution in [0.15, 0.2) is 41.8 Å². The van der Waals surface area contributed by atoms with Gasteiger partial charge >= 0.3 is 11.9 Å². The Morgan fingerprint density at radius 3 is 2.59 bits per heavy atom. The molecule has 2 aliphatic rings. The van der Waals surface area contributed by atoms with Crippen LogP contribution in [0.5, 0.6) is 0 Å². The second-order valence-corrected chi connectivity index (χ2v) is 6.05. The average molecular weight is 373 g/mol. The normalized spacial score (nSPS) is 15.6. The van der Waals surface area contributed by atoms with E-state index in [1.807, 2.05) is 24.7 Å². The molecule has 1 atom stereocenters. The summed E-state index contributed by atoms with van der Waals surface area (Å²) in [5.74, 6) is -1.55. The first-order valence-electron chi connectivity index (χ1n) is 8.53. The molecule has 0 fully saturated rings. The number of rotatable bonds is 6. The van der Waals surface area contributed by atoms with Crippen molar-refractivity contribution in [1.82, 2.24) is 9.78 Å². The van der Waals surface area contributed by atoms with Crippen molar-refractivity contribution in [3.8, 4) is 0 Å². The number of ether oxygens (including phenoxy) is 1. The zero-order chi connectivity index (χ0) is 20.0. The Labute approximate surface area is 156 Å². The van der Waals surface area contributed by atoms with Gasteiger partial charge in [-0.3, -0.25) is 4.68 Å². The van der Waals surface area contributed by atoms with Crippen LogP contribution in [-0.2, 0) is 20.9 Å². The van der Waals surface area contributed by atoms with Crippen molar-refractivity contribution in [3.05, 3.63) is 52.4 Å². The van der Waals surface area contributed by atoms with Crippen LogP contribution in [0.25, 0.3) is 11.6 Å². The highest BCUT2D eigenvalue weighted by atomic mass is 16.5. The maximum atomic E-state index is 9.55. The van der Waals surface area contributed by atoms with Crippen molar-refractivity contribution >= 4 is 23.6 Å². The van der Waals surface area contributed by atoms with E-state index in [0.29, 0.717) is 18.8 Å². The van der Waals surface area contributed by atoms with Gasteiger partial charge in [0.1, 0.15) is 5.76 Å².